The van der Waals surface area contributed by atoms with Crippen molar-refractivity contribution < 1.29 is 17.6 Å². The molecule has 9 heteroatoms. The van der Waals surface area contributed by atoms with E-state index in [1.165, 1.54) is 15.9 Å². The van der Waals surface area contributed by atoms with Crippen LogP contribution in [0.3, 0.4) is 0 Å². The van der Waals surface area contributed by atoms with Gasteiger partial charge in [-0.2, -0.15) is 9.40 Å². The summed E-state index contributed by atoms with van der Waals surface area (Å²) in [4.78, 5) is 12.7. The predicted octanol–water partition coefficient (Wildman–Crippen LogP) is 3.51. The number of nitrogens with zero attached hydrogens (tertiary/aromatic N) is 2. The minimum Gasteiger partial charge on any atom is -0.442 e. The van der Waals surface area contributed by atoms with E-state index in [2.05, 4.69) is 41.5 Å². The fraction of sp³-hybridized carbons (Fsp3) is 0.391. The van der Waals surface area contributed by atoms with Gasteiger partial charge in [-0.15, -0.1) is 0 Å². The van der Waals surface area contributed by atoms with Gasteiger partial charge in [0.1, 0.15) is 5.69 Å². The van der Waals surface area contributed by atoms with E-state index in [1.807, 2.05) is 12.1 Å². The summed E-state index contributed by atoms with van der Waals surface area (Å²) in [6, 6.07) is 12.9. The molecule has 0 bridgehead atoms. The Hall–Kier alpha value is -2.91. The van der Waals surface area contributed by atoms with Crippen LogP contribution >= 0.6 is 0 Å². The van der Waals surface area contributed by atoms with Gasteiger partial charge in [0, 0.05) is 25.8 Å². The molecule has 1 aliphatic heterocycles. The number of amides is 1. The Bertz CT molecular complexity index is 1150. The lowest BCUT2D eigenvalue weighted by atomic mass is 9.98. The quantitative estimate of drug-likeness (QED) is 0.566. The lowest BCUT2D eigenvalue weighted by Crippen LogP contribution is -2.45. The lowest BCUT2D eigenvalue weighted by Gasteiger charge is -2.30. The molecule has 8 nitrogen and oxygen atoms in total. The molecule has 1 fully saturated rings. The number of aromatic amines is 1. The molecule has 1 amide bonds. The molecule has 0 radical (unpaired) electrons. The summed E-state index contributed by atoms with van der Waals surface area (Å²) in [5, 5.41) is 9.43. The first-order chi connectivity index (χ1) is 15.3. The zero-order chi connectivity index (χ0) is 22.7. The van der Waals surface area contributed by atoms with Gasteiger partial charge in [-0.25, -0.2) is 8.42 Å². The Labute approximate surface area is 188 Å². The third kappa shape index (κ3) is 4.78. The van der Waals surface area contributed by atoms with Gasteiger partial charge < -0.3 is 9.73 Å². The molecular formula is C23H28N4O4S. The average molecular weight is 457 g/mol. The number of piperidine rings is 1. The summed E-state index contributed by atoms with van der Waals surface area (Å²) in [5.74, 6) is 0.334. The van der Waals surface area contributed by atoms with Crippen molar-refractivity contribution in [2.24, 2.45) is 5.92 Å². The monoisotopic (exact) mass is 456 g/mol. The fourth-order valence-electron chi connectivity index (χ4n) is 3.85. The van der Waals surface area contributed by atoms with E-state index in [0.717, 1.165) is 5.56 Å². The number of H-pyrrole nitrogens is 1. The van der Waals surface area contributed by atoms with Gasteiger partial charge >= 0.3 is 0 Å². The van der Waals surface area contributed by atoms with E-state index in [1.54, 1.807) is 18.3 Å². The Morgan fingerprint density at radius 3 is 2.69 bits per heavy atom. The van der Waals surface area contributed by atoms with E-state index in [4.69, 9.17) is 4.42 Å². The summed E-state index contributed by atoms with van der Waals surface area (Å²) in [6.07, 6.45) is 2.84. The molecule has 2 aromatic heterocycles. The van der Waals surface area contributed by atoms with Gasteiger partial charge in [0.05, 0.1) is 5.92 Å². The molecule has 1 aliphatic rings. The Morgan fingerprint density at radius 1 is 1.22 bits per heavy atom. The third-order valence-corrected chi connectivity index (χ3v) is 7.55. The molecule has 32 heavy (non-hydrogen) atoms. The summed E-state index contributed by atoms with van der Waals surface area (Å²) >= 11 is 0. The highest BCUT2D eigenvalue weighted by atomic mass is 32.2. The van der Waals surface area contributed by atoms with E-state index < -0.39 is 15.9 Å². The second-order valence-electron chi connectivity index (χ2n) is 8.41. The highest BCUT2D eigenvalue weighted by Crippen LogP contribution is 2.28. The highest BCUT2D eigenvalue weighted by Gasteiger charge is 2.35. The van der Waals surface area contributed by atoms with Crippen LogP contribution < -0.4 is 5.32 Å². The molecule has 0 spiro atoms. The number of hydrogen-bond donors (Lipinski definition) is 2. The number of hydrogen-bond acceptors (Lipinski definition) is 5. The molecule has 1 atom stereocenters. The van der Waals surface area contributed by atoms with Crippen molar-refractivity contribution in [2.75, 3.05) is 13.1 Å². The van der Waals surface area contributed by atoms with Crippen molar-refractivity contribution in [1.29, 1.82) is 0 Å². The van der Waals surface area contributed by atoms with Crippen LogP contribution in [-0.4, -0.2) is 41.9 Å². The topological polar surface area (TPSA) is 108 Å². The summed E-state index contributed by atoms with van der Waals surface area (Å²) in [6.45, 7) is 5.20. The Balaban J connectivity index is 1.38. The minimum atomic E-state index is -3.83. The first kappa shape index (κ1) is 22.3. The van der Waals surface area contributed by atoms with Crippen molar-refractivity contribution in [2.45, 2.75) is 44.2 Å². The molecule has 0 aliphatic carbocycles. The number of benzene rings is 1. The Kier molecular flexibility index (Phi) is 6.48. The predicted molar refractivity (Wildman–Crippen MR) is 120 cm³/mol. The number of aromatic nitrogens is 2. The minimum absolute atomic E-state index is 0.129. The molecule has 1 unspecified atom stereocenters. The maximum absolute atomic E-state index is 13.1. The van der Waals surface area contributed by atoms with E-state index >= 15 is 0 Å². The molecule has 0 saturated carbocycles. The molecular weight excluding hydrogens is 428 g/mol. The van der Waals surface area contributed by atoms with E-state index in [0.29, 0.717) is 43.3 Å². The largest absolute Gasteiger partial charge is 0.442 e. The van der Waals surface area contributed by atoms with Crippen molar-refractivity contribution in [3.05, 3.63) is 59.8 Å². The first-order valence-electron chi connectivity index (χ1n) is 10.8. The smallest absolute Gasteiger partial charge is 0.276 e. The van der Waals surface area contributed by atoms with Crippen LogP contribution in [0.15, 0.2) is 58.2 Å². The van der Waals surface area contributed by atoms with Crippen LogP contribution in [0, 0.1) is 5.92 Å². The second kappa shape index (κ2) is 9.30. The van der Waals surface area contributed by atoms with Crippen LogP contribution in [0.4, 0.5) is 0 Å². The molecule has 3 heterocycles. The van der Waals surface area contributed by atoms with Crippen LogP contribution in [-0.2, 0) is 21.4 Å². The van der Waals surface area contributed by atoms with Crippen molar-refractivity contribution >= 4 is 15.9 Å². The van der Waals surface area contributed by atoms with Crippen molar-refractivity contribution in [3.63, 3.8) is 0 Å². The number of nitrogens with one attached hydrogen (secondary N) is 2. The van der Waals surface area contributed by atoms with Crippen molar-refractivity contribution in [3.8, 4) is 11.5 Å². The van der Waals surface area contributed by atoms with Gasteiger partial charge in [0.15, 0.2) is 5.76 Å². The molecule has 170 valence electrons. The van der Waals surface area contributed by atoms with E-state index in [9.17, 15) is 13.2 Å². The Morgan fingerprint density at radius 2 is 2.00 bits per heavy atom. The van der Waals surface area contributed by atoms with E-state index in [-0.39, 0.29) is 17.5 Å². The normalized spacial score (nSPS) is 17.5. The van der Waals surface area contributed by atoms with Crippen LogP contribution in [0.5, 0.6) is 0 Å². The summed E-state index contributed by atoms with van der Waals surface area (Å²) < 4.78 is 33.1. The number of carbonyl (C=O) groups excluding carboxylic acids is 1. The standard InChI is InChI=1S/C23H28N4O4S/c1-16(2)18-7-5-17(6-8-18)14-24-23(28)19-4-3-13-27(15-19)32(29,30)22-10-9-21(31-22)20-11-12-25-26-20/h5-12,16,19H,3-4,13-15H2,1-2H3,(H,24,28)(H,25,26). The van der Waals surface area contributed by atoms with Crippen molar-refractivity contribution in [1.82, 2.24) is 19.8 Å². The van der Waals surface area contributed by atoms with Gasteiger partial charge in [-0.3, -0.25) is 9.89 Å². The molecule has 4 rings (SSSR count). The van der Waals surface area contributed by atoms with Crippen LogP contribution in [0.25, 0.3) is 11.5 Å². The van der Waals surface area contributed by atoms with Crippen LogP contribution in [0.1, 0.15) is 43.7 Å². The number of carbonyl (C=O) groups is 1. The average Bonchev–Trinajstić information content (AvgIpc) is 3.50. The highest BCUT2D eigenvalue weighted by molar-refractivity contribution is 7.89. The molecule has 1 saturated heterocycles. The maximum Gasteiger partial charge on any atom is 0.276 e. The summed E-state index contributed by atoms with van der Waals surface area (Å²) in [7, 11) is -3.83. The number of furan rings is 1. The fourth-order valence-corrected chi connectivity index (χ4v) is 5.29. The van der Waals surface area contributed by atoms with Gasteiger partial charge in [0.25, 0.3) is 10.0 Å². The maximum atomic E-state index is 13.1. The number of sulfonamides is 1. The number of rotatable bonds is 7. The van der Waals surface area contributed by atoms with Gasteiger partial charge in [-0.1, -0.05) is 38.1 Å². The zero-order valence-corrected chi connectivity index (χ0v) is 19.1. The second-order valence-corrected chi connectivity index (χ2v) is 10.3. The van der Waals surface area contributed by atoms with Gasteiger partial charge in [-0.05, 0) is 48.1 Å². The lowest BCUT2D eigenvalue weighted by molar-refractivity contribution is -0.126. The zero-order valence-electron chi connectivity index (χ0n) is 18.2. The van der Waals surface area contributed by atoms with Crippen LogP contribution in [0.2, 0.25) is 0 Å². The molecule has 1 aromatic carbocycles. The molecule has 2 N–H and O–H groups in total. The molecule has 3 aromatic rings. The summed E-state index contributed by atoms with van der Waals surface area (Å²) in [5.41, 5.74) is 2.87. The first-order valence-corrected chi connectivity index (χ1v) is 12.2. The van der Waals surface area contributed by atoms with Gasteiger partial charge in [0.2, 0.25) is 11.0 Å². The SMILES string of the molecule is CC(C)c1ccc(CNC(=O)C2CCCN(S(=O)(=O)c3ccc(-c4ccn[nH]4)o3)C2)cc1. The third-order valence-electron chi connectivity index (χ3n) is 5.81.